The van der Waals surface area contributed by atoms with Crippen molar-refractivity contribution in [2.45, 2.75) is 6.92 Å². The van der Waals surface area contributed by atoms with E-state index in [-0.39, 0.29) is 5.75 Å². The molecule has 0 aliphatic heterocycles. The highest BCUT2D eigenvalue weighted by molar-refractivity contribution is 9.10. The molecule has 0 bridgehead atoms. The highest BCUT2D eigenvalue weighted by Gasteiger charge is 2.06. The zero-order valence-electron chi connectivity index (χ0n) is 9.51. The zero-order valence-corrected chi connectivity index (χ0v) is 11.9. The van der Waals surface area contributed by atoms with Crippen LogP contribution < -0.4 is 0 Å². The number of phenols is 1. The first-order valence-corrected chi connectivity index (χ1v) is 6.80. The van der Waals surface area contributed by atoms with E-state index in [1.54, 1.807) is 24.3 Å². The van der Waals surface area contributed by atoms with Crippen LogP contribution in [0.2, 0.25) is 0 Å². The predicted octanol–water partition coefficient (Wildman–Crippen LogP) is 3.98. The number of aromatic hydroxyl groups is 1. The minimum absolute atomic E-state index is 0.177. The predicted molar refractivity (Wildman–Crippen MR) is 76.1 cm³/mol. The fourth-order valence-electron chi connectivity index (χ4n) is 1.40. The molecule has 90 valence electrons. The summed E-state index contributed by atoms with van der Waals surface area (Å²) in [6, 6.07) is 7.23. The molecule has 5 heteroatoms. The minimum Gasteiger partial charge on any atom is -0.507 e. The molecule has 0 saturated carbocycles. The van der Waals surface area contributed by atoms with E-state index in [0.717, 1.165) is 11.3 Å². The largest absolute Gasteiger partial charge is 0.507 e. The second-order valence-corrected chi connectivity index (χ2v) is 5.39. The number of nitriles is 1. The van der Waals surface area contributed by atoms with Gasteiger partial charge in [-0.2, -0.15) is 5.26 Å². The number of hydrogen-bond donors (Lipinski definition) is 1. The summed E-state index contributed by atoms with van der Waals surface area (Å²) in [6.07, 6.45) is 1.75. The Kier molecular flexibility index (Phi) is 3.80. The molecular weight excluding hydrogens is 312 g/mol. The van der Waals surface area contributed by atoms with Gasteiger partial charge in [-0.15, -0.1) is 11.3 Å². The van der Waals surface area contributed by atoms with Crippen LogP contribution >= 0.6 is 27.3 Å². The van der Waals surface area contributed by atoms with Gasteiger partial charge in [0.2, 0.25) is 0 Å². The van der Waals surface area contributed by atoms with Gasteiger partial charge < -0.3 is 5.11 Å². The maximum absolute atomic E-state index is 9.41. The van der Waals surface area contributed by atoms with E-state index < -0.39 is 0 Å². The number of benzene rings is 1. The fourth-order valence-corrected chi connectivity index (χ4v) is 2.56. The van der Waals surface area contributed by atoms with Crippen molar-refractivity contribution in [3.8, 4) is 11.8 Å². The third-order valence-corrected chi connectivity index (χ3v) is 3.88. The van der Waals surface area contributed by atoms with Crippen molar-refractivity contribution < 1.29 is 5.11 Å². The molecule has 0 aliphatic carbocycles. The summed E-state index contributed by atoms with van der Waals surface area (Å²) < 4.78 is 0.601. The molecule has 0 amide bonds. The maximum atomic E-state index is 9.41. The second kappa shape index (κ2) is 5.34. The van der Waals surface area contributed by atoms with Crippen LogP contribution in [0.1, 0.15) is 16.3 Å². The highest BCUT2D eigenvalue weighted by Crippen LogP contribution is 2.27. The number of thiazole rings is 1. The Labute approximate surface area is 117 Å². The molecule has 0 fully saturated rings. The average molecular weight is 321 g/mol. The van der Waals surface area contributed by atoms with Crippen LogP contribution in [0.5, 0.6) is 5.75 Å². The van der Waals surface area contributed by atoms with E-state index in [4.69, 9.17) is 5.26 Å². The number of halogens is 1. The molecule has 1 aromatic carbocycles. The van der Waals surface area contributed by atoms with Gasteiger partial charge in [-0.05, 0) is 46.6 Å². The van der Waals surface area contributed by atoms with Crippen molar-refractivity contribution in [1.82, 2.24) is 4.98 Å². The van der Waals surface area contributed by atoms with Gasteiger partial charge in [-0.25, -0.2) is 4.98 Å². The molecule has 3 nitrogen and oxygen atoms in total. The lowest BCUT2D eigenvalue weighted by atomic mass is 10.1. The monoisotopic (exact) mass is 320 g/mol. The molecule has 1 heterocycles. The molecule has 1 aromatic heterocycles. The van der Waals surface area contributed by atoms with Crippen molar-refractivity contribution >= 4 is 38.9 Å². The van der Waals surface area contributed by atoms with E-state index in [1.807, 2.05) is 12.3 Å². The number of aryl methyl sites for hydroxylation is 1. The third kappa shape index (κ3) is 2.78. The van der Waals surface area contributed by atoms with Gasteiger partial charge in [-0.1, -0.05) is 6.07 Å². The Morgan fingerprint density at radius 1 is 1.56 bits per heavy atom. The lowest BCUT2D eigenvalue weighted by molar-refractivity contribution is 0.472. The lowest BCUT2D eigenvalue weighted by Crippen LogP contribution is -1.82. The van der Waals surface area contributed by atoms with E-state index >= 15 is 0 Å². The summed E-state index contributed by atoms with van der Waals surface area (Å²) in [5.41, 5.74) is 2.26. The topological polar surface area (TPSA) is 56.9 Å². The molecule has 0 unspecified atom stereocenters. The number of phenolic OH excluding ortho intramolecular Hbond substituents is 1. The van der Waals surface area contributed by atoms with Crippen LogP contribution in [0.4, 0.5) is 0 Å². The van der Waals surface area contributed by atoms with Crippen molar-refractivity contribution in [1.29, 1.82) is 5.26 Å². The normalized spacial score (nSPS) is 11.3. The molecule has 1 N–H and O–H groups in total. The number of allylic oxidation sites excluding steroid dienone is 1. The number of nitrogens with zero attached hydrogens (tertiary/aromatic N) is 2. The summed E-state index contributed by atoms with van der Waals surface area (Å²) >= 11 is 4.69. The van der Waals surface area contributed by atoms with Crippen LogP contribution in [0.15, 0.2) is 28.1 Å². The zero-order chi connectivity index (χ0) is 13.1. The van der Waals surface area contributed by atoms with Crippen molar-refractivity contribution in [2.24, 2.45) is 0 Å². The smallest absolute Gasteiger partial charge is 0.134 e. The first-order valence-electron chi connectivity index (χ1n) is 5.13. The van der Waals surface area contributed by atoms with Crippen LogP contribution in [0, 0.1) is 18.3 Å². The van der Waals surface area contributed by atoms with Gasteiger partial charge in [0.05, 0.1) is 10.0 Å². The van der Waals surface area contributed by atoms with Crippen LogP contribution in [0.25, 0.3) is 11.6 Å². The molecule has 0 spiro atoms. The fraction of sp³-hybridized carbons (Fsp3) is 0.0769. The minimum atomic E-state index is 0.177. The summed E-state index contributed by atoms with van der Waals surface area (Å²) in [4.78, 5) is 4.28. The summed E-state index contributed by atoms with van der Waals surface area (Å²) in [5.74, 6) is 0.177. The van der Waals surface area contributed by atoms with Crippen LogP contribution in [-0.4, -0.2) is 10.1 Å². The first kappa shape index (κ1) is 12.8. The van der Waals surface area contributed by atoms with E-state index in [9.17, 15) is 5.11 Å². The Hall–Kier alpha value is -1.64. The standard InChI is InChI=1S/C13H9BrN2OS/c1-8-7-18-13(16-8)10(6-15)4-9-2-3-12(17)11(14)5-9/h2-5,7,17H,1H3. The number of hydrogen-bond acceptors (Lipinski definition) is 4. The Balaban J connectivity index is 2.41. The van der Waals surface area contributed by atoms with Gasteiger partial charge in [0.15, 0.2) is 0 Å². The second-order valence-electron chi connectivity index (χ2n) is 3.67. The average Bonchev–Trinajstić information content (AvgIpc) is 2.77. The molecule has 2 aromatic rings. The molecular formula is C13H9BrN2OS. The van der Waals surface area contributed by atoms with Crippen LogP contribution in [0.3, 0.4) is 0 Å². The quantitative estimate of drug-likeness (QED) is 0.851. The van der Waals surface area contributed by atoms with Gasteiger partial charge in [0, 0.05) is 11.1 Å². The van der Waals surface area contributed by atoms with Crippen molar-refractivity contribution in [2.75, 3.05) is 0 Å². The summed E-state index contributed by atoms with van der Waals surface area (Å²) in [7, 11) is 0. The van der Waals surface area contributed by atoms with Gasteiger partial charge >= 0.3 is 0 Å². The van der Waals surface area contributed by atoms with Gasteiger partial charge in [0.1, 0.15) is 16.8 Å². The van der Waals surface area contributed by atoms with Gasteiger partial charge in [-0.3, -0.25) is 0 Å². The lowest BCUT2D eigenvalue weighted by Gasteiger charge is -1.99. The molecule has 2 rings (SSSR count). The highest BCUT2D eigenvalue weighted by atomic mass is 79.9. The molecule has 0 radical (unpaired) electrons. The number of rotatable bonds is 2. The molecule has 0 saturated heterocycles. The van der Waals surface area contributed by atoms with Crippen molar-refractivity contribution in [3.63, 3.8) is 0 Å². The van der Waals surface area contributed by atoms with Gasteiger partial charge in [0.25, 0.3) is 0 Å². The van der Waals surface area contributed by atoms with Crippen molar-refractivity contribution in [3.05, 3.63) is 44.3 Å². The summed E-state index contributed by atoms with van der Waals surface area (Å²) in [6.45, 7) is 1.89. The third-order valence-electron chi connectivity index (χ3n) is 2.25. The SMILES string of the molecule is Cc1csc(C(C#N)=Cc2ccc(O)c(Br)c2)n1. The summed E-state index contributed by atoms with van der Waals surface area (Å²) in [5, 5.41) is 21.2. The molecule has 0 aliphatic rings. The first-order chi connectivity index (χ1) is 8.60. The maximum Gasteiger partial charge on any atom is 0.134 e. The van der Waals surface area contributed by atoms with Crippen LogP contribution in [-0.2, 0) is 0 Å². The van der Waals surface area contributed by atoms with E-state index in [0.29, 0.717) is 15.1 Å². The number of aromatic nitrogens is 1. The van der Waals surface area contributed by atoms with E-state index in [1.165, 1.54) is 11.3 Å². The molecule has 18 heavy (non-hydrogen) atoms. The Bertz CT molecular complexity index is 655. The van der Waals surface area contributed by atoms with E-state index in [2.05, 4.69) is 27.0 Å². The Morgan fingerprint density at radius 3 is 2.89 bits per heavy atom. The molecule has 0 atom stereocenters. The Morgan fingerprint density at radius 2 is 2.33 bits per heavy atom.